The van der Waals surface area contributed by atoms with Gasteiger partial charge in [-0.3, -0.25) is 4.79 Å². The number of nitrogens with zero attached hydrogens (tertiary/aromatic N) is 2. The first-order valence-electron chi connectivity index (χ1n) is 10.6. The van der Waals surface area contributed by atoms with Gasteiger partial charge < -0.3 is 24.3 Å². The van der Waals surface area contributed by atoms with Gasteiger partial charge in [-0.15, -0.1) is 0 Å². The highest BCUT2D eigenvalue weighted by atomic mass is 16.5. The second kappa shape index (κ2) is 11.6. The minimum absolute atomic E-state index is 0.0306. The maximum Gasteiger partial charge on any atom is 0.322 e. The van der Waals surface area contributed by atoms with Gasteiger partial charge in [-0.2, -0.15) is 0 Å². The van der Waals surface area contributed by atoms with Crippen LogP contribution in [0.25, 0.3) is 0 Å². The minimum atomic E-state index is -0.328. The first-order valence-corrected chi connectivity index (χ1v) is 10.6. The molecule has 168 valence electrons. The number of hydrogen-bond acceptors (Lipinski definition) is 4. The van der Waals surface area contributed by atoms with E-state index in [1.165, 1.54) is 4.90 Å². The van der Waals surface area contributed by atoms with E-state index in [1.54, 1.807) is 48.6 Å². The molecule has 1 N–H and O–H groups in total. The van der Waals surface area contributed by atoms with Crippen LogP contribution in [0.3, 0.4) is 0 Å². The van der Waals surface area contributed by atoms with Gasteiger partial charge in [-0.25, -0.2) is 4.79 Å². The summed E-state index contributed by atoms with van der Waals surface area (Å²) in [6.07, 6.45) is 2.32. The number of benzene rings is 2. The molecule has 1 aromatic heterocycles. The number of carbonyl (C=O) groups is 2. The van der Waals surface area contributed by atoms with Gasteiger partial charge in [0.2, 0.25) is 5.91 Å². The molecule has 3 rings (SSSR count). The molecule has 3 amide bonds. The number of anilines is 1. The van der Waals surface area contributed by atoms with Crippen LogP contribution in [0.2, 0.25) is 0 Å². The summed E-state index contributed by atoms with van der Waals surface area (Å²) in [6, 6.07) is 20.2. The van der Waals surface area contributed by atoms with E-state index in [9.17, 15) is 9.59 Å². The quantitative estimate of drug-likeness (QED) is 0.498. The second-order valence-corrected chi connectivity index (χ2v) is 7.40. The molecule has 0 aliphatic rings. The smallest absolute Gasteiger partial charge is 0.322 e. The second-order valence-electron chi connectivity index (χ2n) is 7.40. The van der Waals surface area contributed by atoms with Gasteiger partial charge in [0.25, 0.3) is 0 Å². The van der Waals surface area contributed by atoms with Crippen molar-refractivity contribution in [2.24, 2.45) is 0 Å². The number of nitrogens with one attached hydrogen (secondary N) is 1. The molecule has 0 fully saturated rings. The number of amides is 3. The largest absolute Gasteiger partial charge is 0.497 e. The van der Waals surface area contributed by atoms with Gasteiger partial charge in [0.1, 0.15) is 18.1 Å². The third-order valence-electron chi connectivity index (χ3n) is 4.92. The lowest BCUT2D eigenvalue weighted by Crippen LogP contribution is -2.44. The SMILES string of the molecule is CCCN(CC(=O)N(Cc1ccccc1)Cc1ccco1)C(=O)Nc1cccc(OC)c1. The highest BCUT2D eigenvalue weighted by molar-refractivity contribution is 5.92. The van der Waals surface area contributed by atoms with Gasteiger partial charge in [0, 0.05) is 24.8 Å². The molecule has 0 aliphatic heterocycles. The Kier molecular flexibility index (Phi) is 8.31. The van der Waals surface area contributed by atoms with Crippen molar-refractivity contribution in [3.63, 3.8) is 0 Å². The van der Waals surface area contributed by atoms with Crippen LogP contribution >= 0.6 is 0 Å². The Balaban J connectivity index is 1.71. The first-order chi connectivity index (χ1) is 15.6. The predicted molar refractivity (Wildman–Crippen MR) is 123 cm³/mol. The van der Waals surface area contributed by atoms with E-state index in [0.717, 1.165) is 12.0 Å². The van der Waals surface area contributed by atoms with Crippen molar-refractivity contribution in [3.8, 4) is 5.75 Å². The van der Waals surface area contributed by atoms with Crippen molar-refractivity contribution in [2.75, 3.05) is 25.5 Å². The molecular formula is C25H29N3O4. The Bertz CT molecular complexity index is 989. The zero-order valence-electron chi connectivity index (χ0n) is 18.5. The van der Waals surface area contributed by atoms with Gasteiger partial charge in [-0.05, 0) is 36.2 Å². The Morgan fingerprint density at radius 2 is 1.78 bits per heavy atom. The number of rotatable bonds is 10. The van der Waals surface area contributed by atoms with Crippen LogP contribution in [0.1, 0.15) is 24.7 Å². The van der Waals surface area contributed by atoms with Crippen molar-refractivity contribution in [2.45, 2.75) is 26.4 Å². The zero-order chi connectivity index (χ0) is 22.8. The van der Waals surface area contributed by atoms with Crippen molar-refractivity contribution in [1.29, 1.82) is 0 Å². The van der Waals surface area contributed by atoms with Crippen molar-refractivity contribution < 1.29 is 18.7 Å². The number of urea groups is 1. The molecule has 7 heteroatoms. The predicted octanol–water partition coefficient (Wildman–Crippen LogP) is 4.76. The summed E-state index contributed by atoms with van der Waals surface area (Å²) in [7, 11) is 1.57. The third-order valence-corrected chi connectivity index (χ3v) is 4.92. The molecule has 0 atom stereocenters. The highest BCUT2D eigenvalue weighted by Crippen LogP contribution is 2.17. The molecular weight excluding hydrogens is 406 g/mol. The molecule has 0 unspecified atom stereocenters. The maximum absolute atomic E-state index is 13.3. The molecule has 0 spiro atoms. The van der Waals surface area contributed by atoms with Gasteiger partial charge >= 0.3 is 6.03 Å². The molecule has 3 aromatic rings. The Hall–Kier alpha value is -3.74. The number of hydrogen-bond donors (Lipinski definition) is 1. The number of furan rings is 1. The van der Waals surface area contributed by atoms with E-state index in [2.05, 4.69) is 5.32 Å². The van der Waals surface area contributed by atoms with Gasteiger partial charge in [0.05, 0.1) is 19.9 Å². The standard InChI is InChI=1S/C25H29N3O4/c1-3-14-27(25(30)26-21-11-7-12-22(16-21)31-2)19-24(29)28(18-23-13-8-15-32-23)17-20-9-5-4-6-10-20/h4-13,15-16H,3,14,17-19H2,1-2H3,(H,26,30). The zero-order valence-corrected chi connectivity index (χ0v) is 18.5. The number of carbonyl (C=O) groups excluding carboxylic acids is 2. The molecule has 2 aromatic carbocycles. The molecule has 0 aliphatic carbocycles. The summed E-state index contributed by atoms with van der Waals surface area (Å²) in [6.45, 7) is 3.16. The van der Waals surface area contributed by atoms with Crippen LogP contribution in [0.4, 0.5) is 10.5 Å². The van der Waals surface area contributed by atoms with Crippen LogP contribution in [-0.4, -0.2) is 41.9 Å². The highest BCUT2D eigenvalue weighted by Gasteiger charge is 2.22. The number of methoxy groups -OCH3 is 1. The Morgan fingerprint density at radius 1 is 0.969 bits per heavy atom. The van der Waals surface area contributed by atoms with E-state index < -0.39 is 0 Å². The topological polar surface area (TPSA) is 75.0 Å². The maximum atomic E-state index is 13.3. The molecule has 0 radical (unpaired) electrons. The van der Waals surface area contributed by atoms with Crippen LogP contribution < -0.4 is 10.1 Å². The lowest BCUT2D eigenvalue weighted by Gasteiger charge is -2.27. The fraction of sp³-hybridized carbons (Fsp3) is 0.280. The number of ether oxygens (including phenoxy) is 1. The summed E-state index contributed by atoms with van der Waals surface area (Å²) in [5.74, 6) is 1.19. The Morgan fingerprint density at radius 3 is 2.47 bits per heavy atom. The Labute approximate surface area is 188 Å². The van der Waals surface area contributed by atoms with Crippen molar-refractivity contribution in [3.05, 3.63) is 84.3 Å². The summed E-state index contributed by atoms with van der Waals surface area (Å²) < 4.78 is 10.7. The van der Waals surface area contributed by atoms with Crippen molar-refractivity contribution >= 4 is 17.6 Å². The molecule has 0 saturated carbocycles. The fourth-order valence-electron chi connectivity index (χ4n) is 3.32. The van der Waals surface area contributed by atoms with Crippen LogP contribution in [0.5, 0.6) is 5.75 Å². The van der Waals surface area contributed by atoms with E-state index in [4.69, 9.17) is 9.15 Å². The average molecular weight is 436 g/mol. The minimum Gasteiger partial charge on any atom is -0.497 e. The fourth-order valence-corrected chi connectivity index (χ4v) is 3.32. The third kappa shape index (κ3) is 6.63. The normalized spacial score (nSPS) is 10.4. The lowest BCUT2D eigenvalue weighted by atomic mass is 10.2. The molecule has 0 bridgehead atoms. The molecule has 32 heavy (non-hydrogen) atoms. The molecule has 1 heterocycles. The van der Waals surface area contributed by atoms with Crippen LogP contribution in [0.15, 0.2) is 77.4 Å². The average Bonchev–Trinajstić information content (AvgIpc) is 3.32. The first kappa shape index (κ1) is 22.9. The van der Waals surface area contributed by atoms with Gasteiger partial charge in [0.15, 0.2) is 0 Å². The van der Waals surface area contributed by atoms with E-state index >= 15 is 0 Å². The summed E-state index contributed by atoms with van der Waals surface area (Å²) in [4.78, 5) is 29.4. The van der Waals surface area contributed by atoms with E-state index in [0.29, 0.717) is 36.8 Å². The molecule has 7 nitrogen and oxygen atoms in total. The summed E-state index contributed by atoms with van der Waals surface area (Å²) >= 11 is 0. The van der Waals surface area contributed by atoms with E-state index in [1.807, 2.05) is 43.3 Å². The van der Waals surface area contributed by atoms with Gasteiger partial charge in [-0.1, -0.05) is 43.3 Å². The summed E-state index contributed by atoms with van der Waals surface area (Å²) in [5.41, 5.74) is 1.62. The monoisotopic (exact) mass is 435 g/mol. The van der Waals surface area contributed by atoms with Crippen LogP contribution in [0, 0.1) is 0 Å². The van der Waals surface area contributed by atoms with E-state index in [-0.39, 0.29) is 18.5 Å². The summed E-state index contributed by atoms with van der Waals surface area (Å²) in [5, 5.41) is 2.86. The van der Waals surface area contributed by atoms with Crippen LogP contribution in [-0.2, 0) is 17.9 Å². The lowest BCUT2D eigenvalue weighted by molar-refractivity contribution is -0.133. The van der Waals surface area contributed by atoms with Crippen molar-refractivity contribution in [1.82, 2.24) is 9.80 Å². The molecule has 0 saturated heterocycles.